The van der Waals surface area contributed by atoms with Crippen LogP contribution in [0.3, 0.4) is 0 Å². The number of aliphatic hydroxyl groups excluding tert-OH is 1. The molecule has 0 radical (unpaired) electrons. The van der Waals surface area contributed by atoms with Gasteiger partial charge < -0.3 is 15.0 Å². The smallest absolute Gasteiger partial charge is 0.255 e. The Morgan fingerprint density at radius 1 is 1.22 bits per heavy atom. The van der Waals surface area contributed by atoms with E-state index >= 15 is 0 Å². The molecule has 0 aliphatic heterocycles. The van der Waals surface area contributed by atoms with Gasteiger partial charge in [-0.15, -0.1) is 0 Å². The summed E-state index contributed by atoms with van der Waals surface area (Å²) in [4.78, 5) is 17.3. The molecule has 2 atom stereocenters. The Labute approximate surface area is 163 Å². The van der Waals surface area contributed by atoms with Crippen molar-refractivity contribution in [3.63, 3.8) is 0 Å². The van der Waals surface area contributed by atoms with Crippen molar-refractivity contribution in [3.05, 3.63) is 64.9 Å². The highest BCUT2D eigenvalue weighted by Gasteiger charge is 2.26. The number of carbonyl (C=O) groups excluding carboxylic acids is 1. The summed E-state index contributed by atoms with van der Waals surface area (Å²) in [5.74, 6) is -0.181. The Bertz CT molecular complexity index is 952. The van der Waals surface area contributed by atoms with Gasteiger partial charge in [0.2, 0.25) is 0 Å². The maximum absolute atomic E-state index is 12.9. The molecule has 5 nitrogen and oxygen atoms in total. The van der Waals surface area contributed by atoms with Gasteiger partial charge in [0, 0.05) is 24.0 Å². The van der Waals surface area contributed by atoms with Crippen molar-refractivity contribution in [1.82, 2.24) is 14.9 Å². The van der Waals surface area contributed by atoms with Gasteiger partial charge in [-0.1, -0.05) is 36.6 Å². The fourth-order valence-corrected chi connectivity index (χ4v) is 3.86. The Hall–Kier alpha value is -2.37. The number of nitrogens with zero attached hydrogens (tertiary/aromatic N) is 2. The van der Waals surface area contributed by atoms with E-state index in [0.717, 1.165) is 36.8 Å². The van der Waals surface area contributed by atoms with Crippen molar-refractivity contribution in [2.24, 2.45) is 0 Å². The van der Waals surface area contributed by atoms with Crippen LogP contribution in [0, 0.1) is 0 Å². The number of aromatic nitrogens is 2. The first-order valence-electron chi connectivity index (χ1n) is 9.29. The summed E-state index contributed by atoms with van der Waals surface area (Å²) in [6, 6.07) is 11.3. The largest absolute Gasteiger partial charge is 0.391 e. The topological polar surface area (TPSA) is 67.2 Å². The standard InChI is InChI=1S/C21H22ClN3O2/c22-15-9-7-14(8-10-15)12-25-13-16(20-18(25)5-3-11-23-20)21(27)24-17-4-1-2-6-19(17)26/h3,5,7-11,13,17,19,26H,1-2,4,6,12H2,(H,24,27)/t17-,19+/m1/s1. The summed E-state index contributed by atoms with van der Waals surface area (Å²) in [5, 5.41) is 13.9. The third-order valence-corrected chi connectivity index (χ3v) is 5.44. The van der Waals surface area contributed by atoms with Crippen LogP contribution in [0.15, 0.2) is 48.8 Å². The number of halogens is 1. The van der Waals surface area contributed by atoms with Crippen LogP contribution in [0.2, 0.25) is 5.02 Å². The van der Waals surface area contributed by atoms with Crippen LogP contribution in [0.5, 0.6) is 0 Å². The highest BCUT2D eigenvalue weighted by Crippen LogP contribution is 2.23. The number of fused-ring (bicyclic) bond motifs is 1. The minimum absolute atomic E-state index is 0.181. The molecular weight excluding hydrogens is 362 g/mol. The van der Waals surface area contributed by atoms with E-state index in [1.165, 1.54) is 0 Å². The predicted octanol–water partition coefficient (Wildman–Crippen LogP) is 3.77. The maximum Gasteiger partial charge on any atom is 0.255 e. The Morgan fingerprint density at radius 2 is 2.00 bits per heavy atom. The second-order valence-electron chi connectivity index (χ2n) is 7.10. The lowest BCUT2D eigenvalue weighted by molar-refractivity contribution is 0.0718. The van der Waals surface area contributed by atoms with Crippen molar-refractivity contribution in [3.8, 4) is 0 Å². The summed E-state index contributed by atoms with van der Waals surface area (Å²) in [7, 11) is 0. The van der Waals surface area contributed by atoms with Crippen LogP contribution in [-0.2, 0) is 6.54 Å². The van der Waals surface area contributed by atoms with Crippen LogP contribution >= 0.6 is 11.6 Å². The van der Waals surface area contributed by atoms with Crippen LogP contribution in [0.25, 0.3) is 11.0 Å². The Kier molecular flexibility index (Phi) is 5.14. The number of hydrogen-bond acceptors (Lipinski definition) is 3. The quantitative estimate of drug-likeness (QED) is 0.720. The molecule has 27 heavy (non-hydrogen) atoms. The number of pyridine rings is 1. The molecule has 0 unspecified atom stereocenters. The zero-order valence-corrected chi connectivity index (χ0v) is 15.7. The average molecular weight is 384 g/mol. The summed E-state index contributed by atoms with van der Waals surface area (Å²) in [6.45, 7) is 0.624. The molecule has 2 N–H and O–H groups in total. The van der Waals surface area contributed by atoms with Gasteiger partial charge in [0.25, 0.3) is 5.91 Å². The number of carbonyl (C=O) groups is 1. The zero-order chi connectivity index (χ0) is 18.8. The second-order valence-corrected chi connectivity index (χ2v) is 7.54. The van der Waals surface area contributed by atoms with E-state index in [2.05, 4.69) is 10.3 Å². The van der Waals surface area contributed by atoms with Crippen LogP contribution < -0.4 is 5.32 Å². The number of rotatable bonds is 4. The van der Waals surface area contributed by atoms with E-state index in [1.54, 1.807) is 6.20 Å². The summed E-state index contributed by atoms with van der Waals surface area (Å²) in [5.41, 5.74) is 3.21. The molecule has 1 aromatic carbocycles. The number of amides is 1. The molecule has 4 rings (SSSR count). The highest BCUT2D eigenvalue weighted by atomic mass is 35.5. The molecule has 3 aromatic rings. The van der Waals surface area contributed by atoms with Crippen molar-refractivity contribution < 1.29 is 9.90 Å². The maximum atomic E-state index is 12.9. The second kappa shape index (κ2) is 7.71. The third-order valence-electron chi connectivity index (χ3n) is 5.19. The number of nitrogens with one attached hydrogen (secondary N) is 1. The number of benzene rings is 1. The zero-order valence-electron chi connectivity index (χ0n) is 14.9. The van der Waals surface area contributed by atoms with Gasteiger partial charge in [-0.2, -0.15) is 0 Å². The first-order valence-corrected chi connectivity index (χ1v) is 9.67. The molecule has 6 heteroatoms. The fourth-order valence-electron chi connectivity index (χ4n) is 3.73. The summed E-state index contributed by atoms with van der Waals surface area (Å²) in [6.07, 6.45) is 6.65. The lowest BCUT2D eigenvalue weighted by Gasteiger charge is -2.28. The van der Waals surface area contributed by atoms with Gasteiger partial charge in [-0.25, -0.2) is 0 Å². The van der Waals surface area contributed by atoms with Gasteiger partial charge in [-0.3, -0.25) is 9.78 Å². The summed E-state index contributed by atoms with van der Waals surface area (Å²) < 4.78 is 2.03. The first kappa shape index (κ1) is 18.0. The van der Waals surface area contributed by atoms with E-state index in [-0.39, 0.29) is 11.9 Å². The van der Waals surface area contributed by atoms with Crippen molar-refractivity contribution in [2.45, 2.75) is 44.4 Å². The lowest BCUT2D eigenvalue weighted by Crippen LogP contribution is -2.45. The van der Waals surface area contributed by atoms with Gasteiger partial charge in [-0.05, 0) is 42.7 Å². The van der Waals surface area contributed by atoms with Gasteiger partial charge in [0.05, 0.1) is 23.2 Å². The van der Waals surface area contributed by atoms with Crippen molar-refractivity contribution in [2.75, 3.05) is 0 Å². The molecule has 1 saturated carbocycles. The molecule has 140 valence electrons. The lowest BCUT2D eigenvalue weighted by atomic mass is 9.92. The Morgan fingerprint density at radius 3 is 2.78 bits per heavy atom. The van der Waals surface area contributed by atoms with E-state index in [1.807, 2.05) is 47.2 Å². The van der Waals surface area contributed by atoms with Crippen LogP contribution in [0.1, 0.15) is 41.6 Å². The van der Waals surface area contributed by atoms with E-state index in [4.69, 9.17) is 11.6 Å². The van der Waals surface area contributed by atoms with Crippen LogP contribution in [0.4, 0.5) is 0 Å². The average Bonchev–Trinajstić information content (AvgIpc) is 3.04. The molecule has 2 aromatic heterocycles. The molecule has 0 spiro atoms. The minimum Gasteiger partial charge on any atom is -0.391 e. The van der Waals surface area contributed by atoms with E-state index in [0.29, 0.717) is 22.6 Å². The summed E-state index contributed by atoms with van der Waals surface area (Å²) >= 11 is 5.97. The van der Waals surface area contributed by atoms with Crippen molar-refractivity contribution >= 4 is 28.5 Å². The molecule has 1 aliphatic rings. The third kappa shape index (κ3) is 3.84. The van der Waals surface area contributed by atoms with Gasteiger partial charge in [0.1, 0.15) is 5.52 Å². The van der Waals surface area contributed by atoms with Crippen molar-refractivity contribution in [1.29, 1.82) is 0 Å². The molecule has 1 aliphatic carbocycles. The molecule has 0 saturated heterocycles. The van der Waals surface area contributed by atoms with Gasteiger partial charge >= 0.3 is 0 Å². The first-order chi connectivity index (χ1) is 13.1. The molecule has 0 bridgehead atoms. The van der Waals surface area contributed by atoms with E-state index < -0.39 is 6.10 Å². The predicted molar refractivity (Wildman–Crippen MR) is 106 cm³/mol. The number of aliphatic hydroxyl groups is 1. The SMILES string of the molecule is O=C(N[C@@H]1CCCC[C@@H]1O)c1cn(Cc2ccc(Cl)cc2)c2cccnc12. The monoisotopic (exact) mass is 383 g/mol. The van der Waals surface area contributed by atoms with Gasteiger partial charge in [0.15, 0.2) is 0 Å². The minimum atomic E-state index is -0.474. The molecule has 1 amide bonds. The molecule has 2 heterocycles. The fraction of sp³-hybridized carbons (Fsp3) is 0.333. The molecular formula is C21H22ClN3O2. The van der Waals surface area contributed by atoms with Crippen LogP contribution in [-0.4, -0.2) is 32.7 Å². The van der Waals surface area contributed by atoms with E-state index in [9.17, 15) is 9.90 Å². The normalized spacial score (nSPS) is 19.9. The highest BCUT2D eigenvalue weighted by molar-refractivity contribution is 6.30. The number of hydrogen-bond donors (Lipinski definition) is 2. The Balaban J connectivity index is 1.63. The molecule has 1 fully saturated rings.